The van der Waals surface area contributed by atoms with E-state index in [0.717, 1.165) is 5.69 Å². The second-order valence-electron chi connectivity index (χ2n) is 3.29. The van der Waals surface area contributed by atoms with Crippen molar-refractivity contribution in [1.82, 2.24) is 4.72 Å². The summed E-state index contributed by atoms with van der Waals surface area (Å²) in [6, 6.07) is 2.95. The van der Waals surface area contributed by atoms with Crippen LogP contribution in [0.3, 0.4) is 0 Å². The Kier molecular flexibility index (Phi) is 4.02. The lowest BCUT2D eigenvalue weighted by Gasteiger charge is -2.26. The van der Waals surface area contributed by atoms with E-state index in [1.165, 1.54) is 24.1 Å². The number of rotatable bonds is 2. The lowest BCUT2D eigenvalue weighted by atomic mass is 10.3. The highest BCUT2D eigenvalue weighted by Gasteiger charge is 2.22. The van der Waals surface area contributed by atoms with E-state index in [-0.39, 0.29) is 16.1 Å². The molecule has 0 amide bonds. The fourth-order valence-corrected chi connectivity index (χ4v) is 4.00. The van der Waals surface area contributed by atoms with Gasteiger partial charge in [0.1, 0.15) is 11.1 Å². The summed E-state index contributed by atoms with van der Waals surface area (Å²) in [5.74, 6) is 0.375. The number of hydrogen-bond acceptors (Lipinski definition) is 5. The summed E-state index contributed by atoms with van der Waals surface area (Å²) >= 11 is 12.9. The van der Waals surface area contributed by atoms with Crippen LogP contribution < -0.4 is 10.0 Å². The molecule has 17 heavy (non-hydrogen) atoms. The second-order valence-corrected chi connectivity index (χ2v) is 7.42. The molecular weight excluding hydrogens is 327 g/mol. The number of nitrogens with one attached hydrogen (secondary N) is 2. The number of anilines is 1. The van der Waals surface area contributed by atoms with E-state index in [0.29, 0.717) is 10.8 Å². The monoisotopic (exact) mass is 332 g/mol. The average molecular weight is 334 g/mol. The van der Waals surface area contributed by atoms with Crippen LogP contribution in [0, 0.1) is 0 Å². The third kappa shape index (κ3) is 2.94. The van der Waals surface area contributed by atoms with Gasteiger partial charge < -0.3 is 5.32 Å². The van der Waals surface area contributed by atoms with Crippen molar-refractivity contribution in [3.8, 4) is 0 Å². The van der Waals surface area contributed by atoms with Crippen molar-refractivity contribution in [2.45, 2.75) is 16.0 Å². The quantitative estimate of drug-likeness (QED) is 0.495. The SMILES string of the molecule is O=S(=O)(Cl)c1cc2c(cc1Cl)NC(CCl)NS2. The Balaban J connectivity index is 2.46. The largest absolute Gasteiger partial charge is 0.367 e. The maximum atomic E-state index is 11.3. The Morgan fingerprint density at radius 2 is 2.12 bits per heavy atom. The topological polar surface area (TPSA) is 58.2 Å². The minimum Gasteiger partial charge on any atom is -0.367 e. The van der Waals surface area contributed by atoms with E-state index in [9.17, 15) is 8.42 Å². The van der Waals surface area contributed by atoms with Crippen LogP contribution in [0.5, 0.6) is 0 Å². The van der Waals surface area contributed by atoms with Gasteiger partial charge in [0.2, 0.25) is 0 Å². The van der Waals surface area contributed by atoms with E-state index >= 15 is 0 Å². The number of alkyl halides is 1. The molecule has 9 heteroatoms. The van der Waals surface area contributed by atoms with E-state index in [4.69, 9.17) is 33.9 Å². The van der Waals surface area contributed by atoms with E-state index in [1.807, 2.05) is 0 Å². The zero-order chi connectivity index (χ0) is 12.6. The highest BCUT2D eigenvalue weighted by molar-refractivity contribution is 8.13. The predicted molar refractivity (Wildman–Crippen MR) is 71.6 cm³/mol. The molecule has 0 aromatic heterocycles. The maximum Gasteiger partial charge on any atom is 0.262 e. The zero-order valence-corrected chi connectivity index (χ0v) is 12.1. The standard InChI is InChI=1S/C8H7Cl3N2O2S2/c9-3-8-12-5-1-4(10)7(17(11,14)15)2-6(5)16-13-8/h1-2,8,12-13H,3H2. The molecule has 0 saturated carbocycles. The first-order valence-electron chi connectivity index (χ1n) is 4.45. The van der Waals surface area contributed by atoms with Gasteiger partial charge in [-0.25, -0.2) is 13.1 Å². The average Bonchev–Trinajstić information content (AvgIpc) is 2.25. The van der Waals surface area contributed by atoms with Crippen LogP contribution in [-0.4, -0.2) is 20.5 Å². The van der Waals surface area contributed by atoms with Crippen molar-refractivity contribution >= 4 is 60.6 Å². The molecular formula is C8H7Cl3N2O2S2. The molecule has 1 aromatic rings. The number of halogens is 3. The van der Waals surface area contributed by atoms with Crippen molar-refractivity contribution in [3.05, 3.63) is 17.2 Å². The van der Waals surface area contributed by atoms with Crippen LogP contribution >= 0.6 is 45.8 Å². The molecule has 2 rings (SSSR count). The van der Waals surface area contributed by atoms with Gasteiger partial charge in [0, 0.05) is 15.6 Å². The van der Waals surface area contributed by atoms with Crippen molar-refractivity contribution in [2.24, 2.45) is 0 Å². The summed E-state index contributed by atoms with van der Waals surface area (Å²) in [6.07, 6.45) is -0.0938. The molecule has 1 aliphatic rings. The highest BCUT2D eigenvalue weighted by atomic mass is 35.7. The fraction of sp³-hybridized carbons (Fsp3) is 0.250. The van der Waals surface area contributed by atoms with Gasteiger partial charge >= 0.3 is 0 Å². The van der Waals surface area contributed by atoms with Gasteiger partial charge in [-0.1, -0.05) is 11.6 Å². The third-order valence-electron chi connectivity index (χ3n) is 2.09. The van der Waals surface area contributed by atoms with Crippen LogP contribution in [0.15, 0.2) is 21.9 Å². The van der Waals surface area contributed by atoms with Crippen LogP contribution in [0.2, 0.25) is 5.02 Å². The fourth-order valence-electron chi connectivity index (χ4n) is 1.34. The predicted octanol–water partition coefficient (Wildman–Crippen LogP) is 2.85. The van der Waals surface area contributed by atoms with E-state index in [2.05, 4.69) is 10.0 Å². The van der Waals surface area contributed by atoms with Gasteiger partial charge in [-0.3, -0.25) is 0 Å². The highest BCUT2D eigenvalue weighted by Crippen LogP contribution is 2.37. The first kappa shape index (κ1) is 13.6. The molecule has 4 nitrogen and oxygen atoms in total. The first-order chi connectivity index (χ1) is 7.91. The molecule has 0 aliphatic carbocycles. The van der Waals surface area contributed by atoms with Gasteiger partial charge in [0.25, 0.3) is 9.05 Å². The minimum atomic E-state index is -3.84. The lowest BCUT2D eigenvalue weighted by molar-refractivity contribution is 0.609. The molecule has 2 N–H and O–H groups in total. The Labute approximate surface area is 118 Å². The summed E-state index contributed by atoms with van der Waals surface area (Å²) in [4.78, 5) is 0.606. The van der Waals surface area contributed by atoms with Crippen molar-refractivity contribution in [3.63, 3.8) is 0 Å². The van der Waals surface area contributed by atoms with Crippen LogP contribution in [0.25, 0.3) is 0 Å². The molecule has 1 heterocycles. The summed E-state index contributed by atoms with van der Waals surface area (Å²) in [5, 5.41) is 3.17. The van der Waals surface area contributed by atoms with Crippen molar-refractivity contribution in [2.75, 3.05) is 11.2 Å². The zero-order valence-electron chi connectivity index (χ0n) is 8.21. The van der Waals surface area contributed by atoms with Gasteiger partial charge in [-0.05, 0) is 24.1 Å². The Bertz CT molecular complexity index is 550. The van der Waals surface area contributed by atoms with Crippen molar-refractivity contribution < 1.29 is 8.42 Å². The second kappa shape index (κ2) is 5.03. The molecule has 0 spiro atoms. The number of benzene rings is 1. The van der Waals surface area contributed by atoms with Crippen molar-refractivity contribution in [1.29, 1.82) is 0 Å². The summed E-state index contributed by atoms with van der Waals surface area (Å²) < 4.78 is 25.6. The Morgan fingerprint density at radius 3 is 2.71 bits per heavy atom. The molecule has 1 atom stereocenters. The molecule has 0 bridgehead atoms. The molecule has 1 unspecified atom stereocenters. The Hall–Kier alpha value is 0.150. The van der Waals surface area contributed by atoms with Gasteiger partial charge in [0.05, 0.1) is 16.6 Å². The lowest BCUT2D eigenvalue weighted by Crippen LogP contribution is -2.36. The third-order valence-corrected chi connectivity index (χ3v) is 5.15. The molecule has 0 fully saturated rings. The van der Waals surface area contributed by atoms with Gasteiger partial charge in [0.15, 0.2) is 0 Å². The van der Waals surface area contributed by atoms with E-state index < -0.39 is 9.05 Å². The maximum absolute atomic E-state index is 11.3. The molecule has 1 aromatic carbocycles. The van der Waals surface area contributed by atoms with E-state index in [1.54, 1.807) is 0 Å². The summed E-state index contributed by atoms with van der Waals surface area (Å²) in [7, 11) is 1.44. The molecule has 0 saturated heterocycles. The molecule has 1 aliphatic heterocycles. The van der Waals surface area contributed by atoms with Crippen LogP contribution in [0.1, 0.15) is 0 Å². The molecule has 94 valence electrons. The first-order valence-corrected chi connectivity index (χ1v) is 8.48. The van der Waals surface area contributed by atoms with Gasteiger partial charge in [-0.2, -0.15) is 0 Å². The van der Waals surface area contributed by atoms with Gasteiger partial charge in [-0.15, -0.1) is 11.6 Å². The normalized spacial score (nSPS) is 19.6. The molecule has 0 radical (unpaired) electrons. The summed E-state index contributed by atoms with van der Waals surface area (Å²) in [5.41, 5.74) is 0.730. The Morgan fingerprint density at radius 1 is 1.41 bits per heavy atom. The number of fused-ring (bicyclic) bond motifs is 1. The minimum absolute atomic E-state index is 0.0853. The van der Waals surface area contributed by atoms with Crippen LogP contribution in [-0.2, 0) is 9.05 Å². The number of hydrogen-bond donors (Lipinski definition) is 2. The van der Waals surface area contributed by atoms with Crippen LogP contribution in [0.4, 0.5) is 5.69 Å². The smallest absolute Gasteiger partial charge is 0.262 e. The summed E-state index contributed by atoms with van der Waals surface area (Å²) in [6.45, 7) is 0.